The fourth-order valence-electron chi connectivity index (χ4n) is 1.20. The molecule has 0 fully saturated rings. The molecular weight excluding hydrogens is 158 g/mol. The summed E-state index contributed by atoms with van der Waals surface area (Å²) >= 11 is 0. The zero-order valence-corrected chi connectivity index (χ0v) is 7.28. The molecule has 0 aromatic heterocycles. The van der Waals surface area contributed by atoms with Gasteiger partial charge in [-0.1, -0.05) is 13.8 Å². The number of carbonyl (C=O) groups is 1. The molecule has 1 N–H and O–H groups in total. The first kappa shape index (κ1) is 9.03. The summed E-state index contributed by atoms with van der Waals surface area (Å²) in [5.74, 6) is -0.683. The van der Waals surface area contributed by atoms with Gasteiger partial charge >= 0.3 is 5.97 Å². The second-order valence-corrected chi connectivity index (χ2v) is 3.33. The van der Waals surface area contributed by atoms with Gasteiger partial charge in [0, 0.05) is 0 Å². The summed E-state index contributed by atoms with van der Waals surface area (Å²) in [4.78, 5) is 14.3. The molecular formula is C8H13NO3. The van der Waals surface area contributed by atoms with E-state index in [1.807, 2.05) is 0 Å². The molecule has 0 amide bonds. The predicted molar refractivity (Wildman–Crippen MR) is 44.3 cm³/mol. The van der Waals surface area contributed by atoms with E-state index in [1.54, 1.807) is 0 Å². The standard InChI is InChI=1S/C8H13NO3/c1-5(2)3-6-4-12-7(9-6)8(10)11/h5-6H,3-4H2,1-2H3,(H,10,11). The van der Waals surface area contributed by atoms with E-state index in [9.17, 15) is 4.79 Å². The van der Waals surface area contributed by atoms with Gasteiger partial charge in [-0.05, 0) is 12.3 Å². The van der Waals surface area contributed by atoms with Gasteiger partial charge in [0.15, 0.2) is 0 Å². The van der Waals surface area contributed by atoms with Gasteiger partial charge in [0.2, 0.25) is 0 Å². The van der Waals surface area contributed by atoms with Gasteiger partial charge in [0.25, 0.3) is 5.90 Å². The lowest BCUT2D eigenvalue weighted by molar-refractivity contribution is -0.130. The monoisotopic (exact) mass is 171 g/mol. The third-order valence-electron chi connectivity index (χ3n) is 1.64. The Hall–Kier alpha value is -1.06. The van der Waals surface area contributed by atoms with Crippen LogP contribution in [0.1, 0.15) is 20.3 Å². The van der Waals surface area contributed by atoms with E-state index in [4.69, 9.17) is 9.84 Å². The number of rotatable bonds is 3. The maximum atomic E-state index is 10.4. The highest BCUT2D eigenvalue weighted by Crippen LogP contribution is 2.13. The topological polar surface area (TPSA) is 58.9 Å². The van der Waals surface area contributed by atoms with Crippen molar-refractivity contribution < 1.29 is 14.6 Å². The van der Waals surface area contributed by atoms with Gasteiger partial charge in [-0.2, -0.15) is 0 Å². The number of hydrogen-bond donors (Lipinski definition) is 1. The predicted octanol–water partition coefficient (Wildman–Crippen LogP) is 0.914. The van der Waals surface area contributed by atoms with Crippen LogP contribution in [0.4, 0.5) is 0 Å². The molecule has 4 nitrogen and oxygen atoms in total. The maximum Gasteiger partial charge on any atom is 0.391 e. The molecule has 0 aromatic carbocycles. The summed E-state index contributed by atoms with van der Waals surface area (Å²) in [6.45, 7) is 4.57. The molecule has 0 saturated carbocycles. The van der Waals surface area contributed by atoms with Gasteiger partial charge in [-0.15, -0.1) is 0 Å². The van der Waals surface area contributed by atoms with Crippen molar-refractivity contribution >= 4 is 11.9 Å². The van der Waals surface area contributed by atoms with Crippen LogP contribution in [0.2, 0.25) is 0 Å². The van der Waals surface area contributed by atoms with Gasteiger partial charge in [-0.3, -0.25) is 0 Å². The third kappa shape index (κ3) is 2.22. The van der Waals surface area contributed by atoms with Crippen LogP contribution in [0, 0.1) is 5.92 Å². The zero-order valence-electron chi connectivity index (χ0n) is 7.28. The molecule has 68 valence electrons. The molecule has 0 bridgehead atoms. The summed E-state index contributed by atoms with van der Waals surface area (Å²) < 4.78 is 4.88. The first-order chi connectivity index (χ1) is 5.59. The average Bonchev–Trinajstić information content (AvgIpc) is 2.34. The Morgan fingerprint density at radius 1 is 1.83 bits per heavy atom. The highest BCUT2D eigenvalue weighted by molar-refractivity contribution is 6.32. The van der Waals surface area contributed by atoms with E-state index in [-0.39, 0.29) is 11.9 Å². The van der Waals surface area contributed by atoms with Crippen molar-refractivity contribution in [3.63, 3.8) is 0 Å². The molecule has 1 aliphatic rings. The van der Waals surface area contributed by atoms with E-state index < -0.39 is 5.97 Å². The Balaban J connectivity index is 2.47. The molecule has 0 saturated heterocycles. The van der Waals surface area contributed by atoms with E-state index in [1.165, 1.54) is 0 Å². The summed E-state index contributed by atoms with van der Waals surface area (Å²) in [7, 11) is 0. The van der Waals surface area contributed by atoms with Gasteiger partial charge in [0.1, 0.15) is 6.61 Å². The number of aliphatic imine (C=N–C) groups is 1. The van der Waals surface area contributed by atoms with Crippen LogP contribution < -0.4 is 0 Å². The first-order valence-electron chi connectivity index (χ1n) is 4.03. The third-order valence-corrected chi connectivity index (χ3v) is 1.64. The molecule has 0 aliphatic carbocycles. The number of carboxylic acid groups (broad SMARTS) is 1. The molecule has 1 rings (SSSR count). The van der Waals surface area contributed by atoms with E-state index in [0.29, 0.717) is 12.5 Å². The molecule has 0 radical (unpaired) electrons. The second-order valence-electron chi connectivity index (χ2n) is 3.33. The largest absolute Gasteiger partial charge is 0.474 e. The van der Waals surface area contributed by atoms with E-state index in [2.05, 4.69) is 18.8 Å². The van der Waals surface area contributed by atoms with Crippen LogP contribution in [0.5, 0.6) is 0 Å². The molecule has 12 heavy (non-hydrogen) atoms. The molecule has 1 atom stereocenters. The number of ether oxygens (including phenoxy) is 1. The number of aliphatic carboxylic acids is 1. The SMILES string of the molecule is CC(C)CC1COC(C(=O)O)=N1. The quantitative estimate of drug-likeness (QED) is 0.686. The molecule has 0 aromatic rings. The maximum absolute atomic E-state index is 10.4. The normalized spacial score (nSPS) is 22.2. The lowest BCUT2D eigenvalue weighted by Gasteiger charge is -2.06. The fraction of sp³-hybridized carbons (Fsp3) is 0.750. The zero-order chi connectivity index (χ0) is 9.14. The van der Waals surface area contributed by atoms with Crippen molar-refractivity contribution in [3.8, 4) is 0 Å². The van der Waals surface area contributed by atoms with Crippen molar-refractivity contribution in [3.05, 3.63) is 0 Å². The minimum Gasteiger partial charge on any atom is -0.474 e. The molecule has 1 unspecified atom stereocenters. The molecule has 4 heteroatoms. The van der Waals surface area contributed by atoms with E-state index in [0.717, 1.165) is 6.42 Å². The average molecular weight is 171 g/mol. The number of hydrogen-bond acceptors (Lipinski definition) is 3. The summed E-state index contributed by atoms with van der Waals surface area (Å²) in [5.41, 5.74) is 0. The van der Waals surface area contributed by atoms with E-state index >= 15 is 0 Å². The van der Waals surface area contributed by atoms with Crippen LogP contribution in [-0.2, 0) is 9.53 Å². The summed E-state index contributed by atoms with van der Waals surface area (Å²) in [5, 5.41) is 8.51. The summed E-state index contributed by atoms with van der Waals surface area (Å²) in [6.07, 6.45) is 0.886. The lowest BCUT2D eigenvalue weighted by Crippen LogP contribution is -2.12. The van der Waals surface area contributed by atoms with Gasteiger partial charge in [0.05, 0.1) is 6.04 Å². The first-order valence-corrected chi connectivity index (χ1v) is 4.03. The van der Waals surface area contributed by atoms with Crippen molar-refractivity contribution in [2.75, 3.05) is 6.61 Å². The second kappa shape index (κ2) is 3.56. The highest BCUT2D eigenvalue weighted by Gasteiger charge is 2.23. The van der Waals surface area contributed by atoms with Crippen LogP contribution in [-0.4, -0.2) is 29.6 Å². The highest BCUT2D eigenvalue weighted by atomic mass is 16.5. The number of nitrogens with zero attached hydrogens (tertiary/aromatic N) is 1. The Morgan fingerprint density at radius 2 is 2.50 bits per heavy atom. The summed E-state index contributed by atoms with van der Waals surface area (Å²) in [6, 6.07) is 0.0381. The lowest BCUT2D eigenvalue weighted by atomic mass is 10.1. The van der Waals surface area contributed by atoms with Crippen LogP contribution in [0.15, 0.2) is 4.99 Å². The molecule has 1 aliphatic heterocycles. The van der Waals surface area contributed by atoms with Crippen molar-refractivity contribution in [2.45, 2.75) is 26.3 Å². The number of carboxylic acids is 1. The van der Waals surface area contributed by atoms with Crippen molar-refractivity contribution in [2.24, 2.45) is 10.9 Å². The minimum absolute atomic E-state index is 0.0381. The fourth-order valence-corrected chi connectivity index (χ4v) is 1.20. The van der Waals surface area contributed by atoms with Gasteiger partial charge in [-0.25, -0.2) is 9.79 Å². The Bertz CT molecular complexity index is 210. The van der Waals surface area contributed by atoms with Crippen LogP contribution in [0.3, 0.4) is 0 Å². The van der Waals surface area contributed by atoms with Crippen LogP contribution >= 0.6 is 0 Å². The van der Waals surface area contributed by atoms with Crippen molar-refractivity contribution in [1.29, 1.82) is 0 Å². The minimum atomic E-state index is -1.07. The Morgan fingerprint density at radius 3 is 2.92 bits per heavy atom. The molecule has 0 spiro atoms. The Labute approximate surface area is 71.3 Å². The smallest absolute Gasteiger partial charge is 0.391 e. The molecule has 1 heterocycles. The van der Waals surface area contributed by atoms with Crippen LogP contribution in [0.25, 0.3) is 0 Å². The van der Waals surface area contributed by atoms with Crippen molar-refractivity contribution in [1.82, 2.24) is 0 Å². The van der Waals surface area contributed by atoms with Gasteiger partial charge < -0.3 is 9.84 Å². The Kier molecular flexibility index (Phi) is 2.68.